The lowest BCUT2D eigenvalue weighted by Crippen LogP contribution is -1.91. The molecule has 0 radical (unpaired) electrons. The fourth-order valence-electron chi connectivity index (χ4n) is 1.41. The Balaban J connectivity index is 1.96. The van der Waals surface area contributed by atoms with Crippen molar-refractivity contribution in [1.82, 2.24) is 4.98 Å². The number of nitrogens with zero attached hydrogens (tertiary/aromatic N) is 2. The summed E-state index contributed by atoms with van der Waals surface area (Å²) in [6.45, 7) is 4.38. The summed E-state index contributed by atoms with van der Waals surface area (Å²) in [5, 5.41) is 6.85. The Bertz CT molecular complexity index is 472. The maximum absolute atomic E-state index is 4.13. The summed E-state index contributed by atoms with van der Waals surface area (Å²) in [5.41, 5.74) is 5.31. The Labute approximate surface area is 105 Å². The quantitative estimate of drug-likeness (QED) is 0.658. The first-order valence-electron chi connectivity index (χ1n) is 5.54. The molecule has 1 heterocycles. The van der Waals surface area contributed by atoms with E-state index in [4.69, 9.17) is 0 Å². The van der Waals surface area contributed by atoms with Crippen molar-refractivity contribution in [1.29, 1.82) is 0 Å². The van der Waals surface area contributed by atoms with Crippen LogP contribution in [-0.4, -0.2) is 11.2 Å². The number of hydrazone groups is 1. The van der Waals surface area contributed by atoms with E-state index in [1.165, 1.54) is 16.9 Å². The summed E-state index contributed by atoms with van der Waals surface area (Å²) < 4.78 is 0. The first-order chi connectivity index (χ1) is 8.25. The molecule has 0 saturated carbocycles. The molecule has 0 amide bonds. The molecule has 1 aromatic heterocycles. The van der Waals surface area contributed by atoms with Crippen molar-refractivity contribution in [2.24, 2.45) is 5.10 Å². The minimum atomic E-state index is 0.564. The van der Waals surface area contributed by atoms with Crippen LogP contribution < -0.4 is 5.43 Å². The van der Waals surface area contributed by atoms with Gasteiger partial charge in [0.1, 0.15) is 0 Å². The summed E-state index contributed by atoms with van der Waals surface area (Å²) >= 11 is 1.53. The van der Waals surface area contributed by atoms with E-state index in [0.29, 0.717) is 5.92 Å². The monoisotopic (exact) mass is 245 g/mol. The number of nitrogens with one attached hydrogen (secondary N) is 1. The van der Waals surface area contributed by atoms with Gasteiger partial charge in [0.25, 0.3) is 0 Å². The van der Waals surface area contributed by atoms with Gasteiger partial charge in [0.15, 0.2) is 0 Å². The standard InChI is InChI=1S/C13H15N3S/c1-10(2)12-5-3-11(4-6-12)9-15-16-13-14-7-8-17-13/h3-10H,1-2H3,(H,14,16)/b15-9-. The largest absolute Gasteiger partial charge is 0.253 e. The summed E-state index contributed by atoms with van der Waals surface area (Å²) in [7, 11) is 0. The molecule has 0 aliphatic heterocycles. The zero-order valence-corrected chi connectivity index (χ0v) is 10.7. The van der Waals surface area contributed by atoms with Crippen LogP contribution in [0.2, 0.25) is 0 Å². The third kappa shape index (κ3) is 3.39. The van der Waals surface area contributed by atoms with E-state index in [0.717, 1.165) is 10.7 Å². The summed E-state index contributed by atoms with van der Waals surface area (Å²) in [5.74, 6) is 0.564. The van der Waals surface area contributed by atoms with Crippen molar-refractivity contribution in [3.63, 3.8) is 0 Å². The Morgan fingerprint density at radius 1 is 1.29 bits per heavy atom. The average Bonchev–Trinajstić information content (AvgIpc) is 2.83. The lowest BCUT2D eigenvalue weighted by atomic mass is 10.0. The van der Waals surface area contributed by atoms with Crippen LogP contribution in [-0.2, 0) is 0 Å². The molecule has 0 bridgehead atoms. The van der Waals surface area contributed by atoms with Gasteiger partial charge in [-0.2, -0.15) is 5.10 Å². The molecule has 0 fully saturated rings. The van der Waals surface area contributed by atoms with Crippen molar-refractivity contribution in [2.45, 2.75) is 19.8 Å². The van der Waals surface area contributed by atoms with Gasteiger partial charge in [-0.1, -0.05) is 38.1 Å². The van der Waals surface area contributed by atoms with Gasteiger partial charge < -0.3 is 0 Å². The maximum atomic E-state index is 4.13. The van der Waals surface area contributed by atoms with Gasteiger partial charge in [-0.3, -0.25) is 5.43 Å². The van der Waals surface area contributed by atoms with Gasteiger partial charge in [-0.15, -0.1) is 11.3 Å². The zero-order chi connectivity index (χ0) is 12.1. The molecule has 0 atom stereocenters. The molecular weight excluding hydrogens is 230 g/mol. The van der Waals surface area contributed by atoms with Crippen LogP contribution in [0, 0.1) is 0 Å². The molecular formula is C13H15N3S. The Kier molecular flexibility index (Phi) is 3.88. The molecule has 0 aliphatic rings. The lowest BCUT2D eigenvalue weighted by Gasteiger charge is -2.04. The Morgan fingerprint density at radius 2 is 2.06 bits per heavy atom. The minimum Gasteiger partial charge on any atom is -0.253 e. The lowest BCUT2D eigenvalue weighted by molar-refractivity contribution is 0.866. The number of aromatic nitrogens is 1. The fourth-order valence-corrected chi connectivity index (χ4v) is 1.89. The third-order valence-electron chi connectivity index (χ3n) is 2.41. The van der Waals surface area contributed by atoms with E-state index >= 15 is 0 Å². The highest BCUT2D eigenvalue weighted by atomic mass is 32.1. The molecule has 88 valence electrons. The topological polar surface area (TPSA) is 37.3 Å². The normalized spacial score (nSPS) is 11.2. The van der Waals surface area contributed by atoms with Gasteiger partial charge >= 0.3 is 0 Å². The van der Waals surface area contributed by atoms with E-state index in [9.17, 15) is 0 Å². The van der Waals surface area contributed by atoms with Gasteiger partial charge in [-0.25, -0.2) is 4.98 Å². The number of rotatable bonds is 4. The third-order valence-corrected chi connectivity index (χ3v) is 3.09. The van der Waals surface area contributed by atoms with Gasteiger partial charge in [0.05, 0.1) is 6.21 Å². The molecule has 0 unspecified atom stereocenters. The summed E-state index contributed by atoms with van der Waals surface area (Å²) in [4.78, 5) is 4.08. The molecule has 4 heteroatoms. The number of benzene rings is 1. The molecule has 2 rings (SSSR count). The predicted molar refractivity (Wildman–Crippen MR) is 73.9 cm³/mol. The predicted octanol–water partition coefficient (Wildman–Crippen LogP) is 3.71. The fraction of sp³-hybridized carbons (Fsp3) is 0.231. The van der Waals surface area contributed by atoms with E-state index < -0.39 is 0 Å². The maximum Gasteiger partial charge on any atom is 0.203 e. The van der Waals surface area contributed by atoms with E-state index in [1.54, 1.807) is 12.4 Å². The highest BCUT2D eigenvalue weighted by Gasteiger charge is 1.97. The summed E-state index contributed by atoms with van der Waals surface area (Å²) in [6, 6.07) is 8.41. The SMILES string of the molecule is CC(C)c1ccc(/C=N\Nc2nccs2)cc1. The highest BCUT2D eigenvalue weighted by molar-refractivity contribution is 7.13. The Morgan fingerprint density at radius 3 is 2.65 bits per heavy atom. The van der Waals surface area contributed by atoms with Gasteiger partial charge in [-0.05, 0) is 17.0 Å². The van der Waals surface area contributed by atoms with Crippen LogP contribution in [0.15, 0.2) is 40.9 Å². The minimum absolute atomic E-state index is 0.564. The number of hydrogen-bond acceptors (Lipinski definition) is 4. The van der Waals surface area contributed by atoms with E-state index in [-0.39, 0.29) is 0 Å². The molecule has 2 aromatic rings. The Hall–Kier alpha value is -1.68. The van der Waals surface area contributed by atoms with E-state index in [1.807, 2.05) is 5.38 Å². The second kappa shape index (κ2) is 5.59. The smallest absolute Gasteiger partial charge is 0.203 e. The van der Waals surface area contributed by atoms with Gasteiger partial charge in [0.2, 0.25) is 5.13 Å². The van der Waals surface area contributed by atoms with Crippen LogP contribution in [0.25, 0.3) is 0 Å². The van der Waals surface area contributed by atoms with Gasteiger partial charge in [0, 0.05) is 11.6 Å². The molecule has 0 saturated heterocycles. The second-order valence-electron chi connectivity index (χ2n) is 4.03. The molecule has 0 spiro atoms. The van der Waals surface area contributed by atoms with Crippen LogP contribution in [0.5, 0.6) is 0 Å². The molecule has 1 N–H and O–H groups in total. The zero-order valence-electron chi connectivity index (χ0n) is 9.92. The number of anilines is 1. The summed E-state index contributed by atoms with van der Waals surface area (Å²) in [6.07, 6.45) is 3.55. The molecule has 17 heavy (non-hydrogen) atoms. The van der Waals surface area contributed by atoms with Crippen molar-refractivity contribution in [3.05, 3.63) is 47.0 Å². The van der Waals surface area contributed by atoms with Crippen LogP contribution in [0.1, 0.15) is 30.9 Å². The average molecular weight is 245 g/mol. The highest BCUT2D eigenvalue weighted by Crippen LogP contribution is 2.14. The second-order valence-corrected chi connectivity index (χ2v) is 4.92. The van der Waals surface area contributed by atoms with E-state index in [2.05, 4.69) is 53.6 Å². The van der Waals surface area contributed by atoms with Crippen molar-refractivity contribution in [2.75, 3.05) is 5.43 Å². The van der Waals surface area contributed by atoms with Crippen molar-refractivity contribution in [3.8, 4) is 0 Å². The molecule has 3 nitrogen and oxygen atoms in total. The number of hydrogen-bond donors (Lipinski definition) is 1. The van der Waals surface area contributed by atoms with Crippen molar-refractivity contribution < 1.29 is 0 Å². The first-order valence-corrected chi connectivity index (χ1v) is 6.42. The van der Waals surface area contributed by atoms with Crippen LogP contribution in [0.3, 0.4) is 0 Å². The van der Waals surface area contributed by atoms with Crippen LogP contribution >= 0.6 is 11.3 Å². The number of thiazole rings is 1. The molecule has 0 aliphatic carbocycles. The first kappa shape index (κ1) is 11.8. The molecule has 1 aromatic carbocycles. The van der Waals surface area contributed by atoms with Crippen molar-refractivity contribution >= 4 is 22.7 Å². The van der Waals surface area contributed by atoms with Crippen LogP contribution in [0.4, 0.5) is 5.13 Å².